The van der Waals surface area contributed by atoms with Crippen LogP contribution in [0.5, 0.6) is 11.6 Å². The van der Waals surface area contributed by atoms with Crippen molar-refractivity contribution in [3.8, 4) is 29.5 Å². The fraction of sp³-hybridized carbons (Fsp3) is 0.333. The van der Waals surface area contributed by atoms with Gasteiger partial charge in [-0.2, -0.15) is 10.2 Å². The largest absolute Gasteiger partial charge is 0.490 e. The summed E-state index contributed by atoms with van der Waals surface area (Å²) in [5, 5.41) is 23.5. The minimum absolute atomic E-state index is 0.0571. The quantitative estimate of drug-likeness (QED) is 0.572. The molecule has 3 rings (SSSR count). The molecule has 9 heteroatoms. The van der Waals surface area contributed by atoms with Crippen LogP contribution in [0.3, 0.4) is 0 Å². The first-order valence-corrected chi connectivity index (χ1v) is 9.46. The van der Waals surface area contributed by atoms with E-state index in [1.54, 1.807) is 6.07 Å². The molecule has 3 N–H and O–H groups in total. The number of urea groups is 1. The molecule has 1 aliphatic heterocycles. The molecule has 0 fully saturated rings. The first-order chi connectivity index (χ1) is 14.6. The lowest BCUT2D eigenvalue weighted by Gasteiger charge is -2.16. The number of amides is 2. The van der Waals surface area contributed by atoms with Gasteiger partial charge in [-0.25, -0.2) is 9.78 Å². The van der Waals surface area contributed by atoms with Gasteiger partial charge in [0, 0.05) is 0 Å². The number of carbonyl (C=O) groups is 1. The molecule has 1 aliphatic rings. The van der Waals surface area contributed by atoms with Crippen molar-refractivity contribution in [2.75, 3.05) is 30.5 Å². The van der Waals surface area contributed by atoms with E-state index in [2.05, 4.69) is 32.4 Å². The first-order valence-electron chi connectivity index (χ1n) is 9.46. The number of anilines is 2. The van der Waals surface area contributed by atoms with Crippen LogP contribution in [-0.2, 0) is 0 Å². The van der Waals surface area contributed by atoms with Crippen LogP contribution in [0.1, 0.15) is 36.1 Å². The Bertz CT molecular complexity index is 1040. The number of aryl methyl sites for hydroxylation is 1. The highest BCUT2D eigenvalue weighted by Gasteiger charge is 2.16. The first kappa shape index (κ1) is 20.9. The summed E-state index contributed by atoms with van der Waals surface area (Å²) in [6.45, 7) is 2.37. The van der Waals surface area contributed by atoms with Crippen LogP contribution in [0.25, 0.3) is 0 Å². The Hall–Kier alpha value is -3.82. The van der Waals surface area contributed by atoms with Crippen molar-refractivity contribution in [3.05, 3.63) is 35.2 Å². The second-order valence-electron chi connectivity index (χ2n) is 6.51. The summed E-state index contributed by atoms with van der Waals surface area (Å²) in [7, 11) is 0. The Morgan fingerprint density at radius 2 is 2.00 bits per heavy atom. The maximum absolute atomic E-state index is 12.6. The van der Waals surface area contributed by atoms with Gasteiger partial charge in [0.2, 0.25) is 5.69 Å². The maximum atomic E-state index is 12.6. The van der Waals surface area contributed by atoms with Crippen LogP contribution in [-0.4, -0.2) is 40.9 Å². The van der Waals surface area contributed by atoms with Crippen molar-refractivity contribution in [3.63, 3.8) is 0 Å². The number of nitrogens with zero attached hydrogens (tertiary/aromatic N) is 3. The van der Waals surface area contributed by atoms with Crippen molar-refractivity contribution < 1.29 is 19.4 Å². The molecular weight excluding hydrogens is 386 g/mol. The van der Waals surface area contributed by atoms with E-state index in [4.69, 9.17) is 14.6 Å². The van der Waals surface area contributed by atoms with Gasteiger partial charge in [-0.1, -0.05) is 11.8 Å². The van der Waals surface area contributed by atoms with E-state index < -0.39 is 6.03 Å². The fourth-order valence-electron chi connectivity index (χ4n) is 2.85. The number of aromatic nitrogens is 2. The lowest BCUT2D eigenvalue weighted by atomic mass is 10.1. The minimum Gasteiger partial charge on any atom is -0.490 e. The molecule has 2 heterocycles. The second-order valence-corrected chi connectivity index (χ2v) is 6.51. The number of hydrogen-bond acceptors (Lipinski definition) is 7. The van der Waals surface area contributed by atoms with E-state index in [1.165, 1.54) is 6.20 Å². The molecule has 0 aliphatic carbocycles. The Labute approximate surface area is 174 Å². The number of fused-ring (bicyclic) bond motifs is 3. The standard InChI is InChI=1S/C21H21N5O4/c1-14-10-15(6-5-7-27)19-16(11-14)24-21(28)26-18-13-23-17(12-22)20(25-18)30-9-4-2-3-8-29-19/h10-11,13,27H,2-4,7-9H2,1H3,(H2,24,25,26,28). The summed E-state index contributed by atoms with van der Waals surface area (Å²) in [4.78, 5) is 20.7. The zero-order chi connectivity index (χ0) is 21.3. The molecule has 1 aromatic carbocycles. The van der Waals surface area contributed by atoms with Gasteiger partial charge in [-0.3, -0.25) is 5.32 Å². The average molecular weight is 407 g/mol. The highest BCUT2D eigenvalue weighted by atomic mass is 16.5. The molecule has 0 saturated heterocycles. The van der Waals surface area contributed by atoms with Gasteiger partial charge in [0.15, 0.2) is 11.6 Å². The van der Waals surface area contributed by atoms with Crippen LogP contribution in [0.2, 0.25) is 0 Å². The van der Waals surface area contributed by atoms with Crippen LogP contribution in [0.15, 0.2) is 18.3 Å². The highest BCUT2D eigenvalue weighted by molar-refractivity contribution is 6.00. The Balaban J connectivity index is 1.95. The van der Waals surface area contributed by atoms with E-state index in [1.807, 2.05) is 19.1 Å². The number of nitrogens with one attached hydrogen (secondary N) is 2. The number of benzene rings is 1. The molecule has 154 valence electrons. The fourth-order valence-corrected chi connectivity index (χ4v) is 2.85. The molecular formula is C21H21N5O4. The lowest BCUT2D eigenvalue weighted by Crippen LogP contribution is -2.21. The number of rotatable bonds is 0. The predicted molar refractivity (Wildman–Crippen MR) is 109 cm³/mol. The Morgan fingerprint density at radius 1 is 1.20 bits per heavy atom. The van der Waals surface area contributed by atoms with Crippen LogP contribution >= 0.6 is 0 Å². The van der Waals surface area contributed by atoms with Gasteiger partial charge in [-0.05, 0) is 43.9 Å². The molecule has 0 atom stereocenters. The molecule has 2 aromatic rings. The SMILES string of the molecule is Cc1cc(C#CCO)c2c(c1)NC(=O)Nc1cnc(C#N)c(n1)OCCCCCO2. The van der Waals surface area contributed by atoms with Crippen LogP contribution in [0, 0.1) is 30.1 Å². The van der Waals surface area contributed by atoms with Crippen molar-refractivity contribution in [1.82, 2.24) is 9.97 Å². The second kappa shape index (κ2) is 10.1. The van der Waals surface area contributed by atoms with Crippen molar-refractivity contribution in [2.24, 2.45) is 0 Å². The van der Waals surface area contributed by atoms with Crippen molar-refractivity contribution in [2.45, 2.75) is 26.2 Å². The van der Waals surface area contributed by atoms with Gasteiger partial charge in [0.05, 0.1) is 30.7 Å². The summed E-state index contributed by atoms with van der Waals surface area (Å²) < 4.78 is 11.5. The van der Waals surface area contributed by atoms with Crippen LogP contribution in [0.4, 0.5) is 16.3 Å². The smallest absolute Gasteiger partial charge is 0.325 e. The molecule has 0 unspecified atom stereocenters. The Morgan fingerprint density at radius 3 is 2.77 bits per heavy atom. The van der Waals surface area contributed by atoms with E-state index >= 15 is 0 Å². The van der Waals surface area contributed by atoms with E-state index in [-0.39, 0.29) is 24.0 Å². The predicted octanol–water partition coefficient (Wildman–Crippen LogP) is 2.59. The summed E-state index contributed by atoms with van der Waals surface area (Å²) >= 11 is 0. The van der Waals surface area contributed by atoms with Crippen molar-refractivity contribution in [1.29, 1.82) is 5.26 Å². The van der Waals surface area contributed by atoms with E-state index in [0.29, 0.717) is 30.2 Å². The third-order valence-corrected chi connectivity index (χ3v) is 4.15. The van der Waals surface area contributed by atoms with Gasteiger partial charge < -0.3 is 19.9 Å². The van der Waals surface area contributed by atoms with E-state index in [9.17, 15) is 10.1 Å². The highest BCUT2D eigenvalue weighted by Crippen LogP contribution is 2.31. The molecule has 2 amide bonds. The lowest BCUT2D eigenvalue weighted by molar-refractivity contribution is 0.261. The normalized spacial score (nSPS) is 14.0. The number of nitriles is 1. The topological polar surface area (TPSA) is 129 Å². The number of hydrogen-bond donors (Lipinski definition) is 3. The summed E-state index contributed by atoms with van der Waals surface area (Å²) in [6, 6.07) is 4.97. The molecule has 0 radical (unpaired) electrons. The van der Waals surface area contributed by atoms with Gasteiger partial charge in [0.1, 0.15) is 12.7 Å². The molecule has 1 aromatic heterocycles. The van der Waals surface area contributed by atoms with Gasteiger partial charge in [-0.15, -0.1) is 0 Å². The number of aliphatic hydroxyl groups excluding tert-OH is 1. The third-order valence-electron chi connectivity index (χ3n) is 4.15. The molecule has 30 heavy (non-hydrogen) atoms. The van der Waals surface area contributed by atoms with E-state index in [0.717, 1.165) is 24.8 Å². The number of carbonyl (C=O) groups excluding carboxylic acids is 1. The maximum Gasteiger partial charge on any atom is 0.325 e. The van der Waals surface area contributed by atoms with Gasteiger partial charge >= 0.3 is 6.03 Å². The summed E-state index contributed by atoms with van der Waals surface area (Å²) in [6.07, 6.45) is 3.61. The molecule has 2 bridgehead atoms. The van der Waals surface area contributed by atoms with Crippen molar-refractivity contribution >= 4 is 17.5 Å². The Kier molecular flexibility index (Phi) is 7.04. The van der Waals surface area contributed by atoms with Gasteiger partial charge in [0.25, 0.3) is 5.88 Å². The average Bonchev–Trinajstić information content (AvgIpc) is 2.72. The number of aliphatic hydroxyl groups is 1. The zero-order valence-corrected chi connectivity index (χ0v) is 16.5. The number of ether oxygens (including phenoxy) is 2. The van der Waals surface area contributed by atoms with Crippen LogP contribution < -0.4 is 20.1 Å². The minimum atomic E-state index is -0.564. The molecule has 9 nitrogen and oxygen atoms in total. The molecule has 0 spiro atoms. The molecule has 0 saturated carbocycles. The third kappa shape index (κ3) is 5.37. The summed E-state index contributed by atoms with van der Waals surface area (Å²) in [5.41, 5.74) is 1.95. The summed E-state index contributed by atoms with van der Waals surface area (Å²) in [5.74, 6) is 6.15. The zero-order valence-electron chi connectivity index (χ0n) is 16.5. The monoisotopic (exact) mass is 407 g/mol.